The Labute approximate surface area is 226 Å². The minimum Gasteiger partial charge on any atom is -0.462 e. The zero-order valence-corrected chi connectivity index (χ0v) is 22.0. The van der Waals surface area contributed by atoms with Gasteiger partial charge in [0, 0.05) is 11.4 Å². The highest BCUT2D eigenvalue weighted by Gasteiger charge is 2.40. The highest BCUT2D eigenvalue weighted by Crippen LogP contribution is 2.42. The van der Waals surface area contributed by atoms with Crippen molar-refractivity contribution >= 4 is 40.9 Å². The van der Waals surface area contributed by atoms with Crippen molar-refractivity contribution in [3.8, 4) is 6.07 Å². The van der Waals surface area contributed by atoms with Crippen LogP contribution in [0.1, 0.15) is 35.3 Å². The van der Waals surface area contributed by atoms with Crippen LogP contribution >= 0.6 is 11.8 Å². The summed E-state index contributed by atoms with van der Waals surface area (Å²) < 4.78 is 5.03. The highest BCUT2D eigenvalue weighted by atomic mass is 32.2. The van der Waals surface area contributed by atoms with E-state index in [4.69, 9.17) is 4.74 Å². The van der Waals surface area contributed by atoms with Gasteiger partial charge in [-0.15, -0.1) is 0 Å². The standard InChI is InChI=1S/C30H27N3O4S/c1-3-20-12-16-23(17-13-20)32-27(34)25(19-31)29-33(24-8-6-5-7-9-24)28(35)26(38-29)18-21-10-14-22(15-11-21)30(36)37-4-2/h5-17,26H,3-4,18H2,1-2H3,(H,32,34). The molecule has 0 radical (unpaired) electrons. The smallest absolute Gasteiger partial charge is 0.338 e. The van der Waals surface area contributed by atoms with Crippen LogP contribution in [0.4, 0.5) is 11.4 Å². The molecule has 1 unspecified atom stereocenters. The van der Waals surface area contributed by atoms with Gasteiger partial charge in [0.15, 0.2) is 0 Å². The van der Waals surface area contributed by atoms with E-state index in [1.165, 1.54) is 16.7 Å². The molecule has 192 valence electrons. The number of nitriles is 1. The lowest BCUT2D eigenvalue weighted by atomic mass is 10.1. The Bertz CT molecular complexity index is 1390. The average molecular weight is 526 g/mol. The van der Waals surface area contributed by atoms with E-state index in [1.54, 1.807) is 67.6 Å². The summed E-state index contributed by atoms with van der Waals surface area (Å²) in [7, 11) is 0. The van der Waals surface area contributed by atoms with Crippen molar-refractivity contribution in [1.82, 2.24) is 0 Å². The van der Waals surface area contributed by atoms with Gasteiger partial charge in [0.2, 0.25) is 5.91 Å². The zero-order chi connectivity index (χ0) is 27.1. The van der Waals surface area contributed by atoms with Crippen LogP contribution in [0, 0.1) is 11.3 Å². The highest BCUT2D eigenvalue weighted by molar-refractivity contribution is 8.05. The van der Waals surface area contributed by atoms with Crippen LogP contribution in [0.5, 0.6) is 0 Å². The van der Waals surface area contributed by atoms with Gasteiger partial charge in [-0.2, -0.15) is 5.26 Å². The fraction of sp³-hybridized carbons (Fsp3) is 0.200. The molecule has 1 atom stereocenters. The molecule has 1 aliphatic rings. The van der Waals surface area contributed by atoms with E-state index in [2.05, 4.69) is 5.32 Å². The van der Waals surface area contributed by atoms with Crippen LogP contribution in [0.25, 0.3) is 0 Å². The molecule has 7 nitrogen and oxygen atoms in total. The van der Waals surface area contributed by atoms with Gasteiger partial charge in [0.1, 0.15) is 16.7 Å². The number of carbonyl (C=O) groups is 3. The molecule has 1 heterocycles. The Hall–Kier alpha value is -4.35. The zero-order valence-electron chi connectivity index (χ0n) is 21.1. The summed E-state index contributed by atoms with van der Waals surface area (Å²) in [4.78, 5) is 40.2. The summed E-state index contributed by atoms with van der Waals surface area (Å²) in [6.07, 6.45) is 1.23. The number of hydrogen-bond donors (Lipinski definition) is 1. The molecular weight excluding hydrogens is 498 g/mol. The van der Waals surface area contributed by atoms with Gasteiger partial charge >= 0.3 is 5.97 Å². The second-order valence-electron chi connectivity index (χ2n) is 8.53. The number of aryl methyl sites for hydroxylation is 1. The number of hydrogen-bond acceptors (Lipinski definition) is 6. The van der Waals surface area contributed by atoms with Gasteiger partial charge in [0.25, 0.3) is 5.91 Å². The summed E-state index contributed by atoms with van der Waals surface area (Å²) in [6, 6.07) is 25.3. The third-order valence-electron chi connectivity index (χ3n) is 6.03. The van der Waals surface area contributed by atoms with Gasteiger partial charge in [0.05, 0.1) is 17.4 Å². The van der Waals surface area contributed by atoms with Gasteiger partial charge in [-0.3, -0.25) is 14.5 Å². The molecule has 1 aliphatic heterocycles. The first-order valence-electron chi connectivity index (χ1n) is 12.3. The number of anilines is 2. The quantitative estimate of drug-likeness (QED) is 0.237. The Balaban J connectivity index is 1.63. The van der Waals surface area contributed by atoms with Crippen molar-refractivity contribution in [3.05, 3.63) is 106 Å². The largest absolute Gasteiger partial charge is 0.462 e. The van der Waals surface area contributed by atoms with Crippen LogP contribution in [-0.4, -0.2) is 29.6 Å². The fourth-order valence-corrected chi connectivity index (χ4v) is 5.33. The molecule has 38 heavy (non-hydrogen) atoms. The maximum Gasteiger partial charge on any atom is 0.338 e. The second kappa shape index (κ2) is 12.3. The Morgan fingerprint density at radius 2 is 1.63 bits per heavy atom. The van der Waals surface area contributed by atoms with E-state index in [-0.39, 0.29) is 18.1 Å². The molecule has 1 saturated heterocycles. The number of nitrogens with one attached hydrogen (secondary N) is 1. The average Bonchev–Trinajstić information content (AvgIpc) is 3.25. The Morgan fingerprint density at radius 1 is 0.974 bits per heavy atom. The van der Waals surface area contributed by atoms with E-state index >= 15 is 0 Å². The summed E-state index contributed by atoms with van der Waals surface area (Å²) in [5.74, 6) is -1.20. The number of ether oxygens (including phenoxy) is 1. The summed E-state index contributed by atoms with van der Waals surface area (Å²) in [5.41, 5.74) is 3.42. The predicted octanol–water partition coefficient (Wildman–Crippen LogP) is 5.49. The normalized spacial score (nSPS) is 16.1. The minimum absolute atomic E-state index is 0.132. The van der Waals surface area contributed by atoms with Gasteiger partial charge < -0.3 is 10.1 Å². The molecule has 0 spiro atoms. The molecule has 0 saturated carbocycles. The van der Waals surface area contributed by atoms with E-state index in [1.807, 2.05) is 31.2 Å². The molecule has 3 aromatic carbocycles. The Morgan fingerprint density at radius 3 is 2.24 bits per heavy atom. The molecule has 0 aromatic heterocycles. The van der Waals surface area contributed by atoms with Crippen LogP contribution in [0.3, 0.4) is 0 Å². The molecule has 8 heteroatoms. The molecule has 0 bridgehead atoms. The number of para-hydroxylation sites is 1. The predicted molar refractivity (Wildman–Crippen MR) is 148 cm³/mol. The fourth-order valence-electron chi connectivity index (χ4n) is 4.02. The maximum absolute atomic E-state index is 13.6. The monoisotopic (exact) mass is 525 g/mol. The van der Waals surface area contributed by atoms with Crippen LogP contribution in [-0.2, 0) is 27.2 Å². The number of carbonyl (C=O) groups excluding carboxylic acids is 3. The van der Waals surface area contributed by atoms with Gasteiger partial charge in [-0.25, -0.2) is 4.79 Å². The first kappa shape index (κ1) is 26.7. The van der Waals surface area contributed by atoms with Crippen LogP contribution in [0.2, 0.25) is 0 Å². The summed E-state index contributed by atoms with van der Waals surface area (Å²) in [5, 5.41) is 12.5. The lowest BCUT2D eigenvalue weighted by molar-refractivity contribution is -0.117. The molecule has 0 aliphatic carbocycles. The first-order chi connectivity index (χ1) is 18.4. The third kappa shape index (κ3) is 5.96. The summed E-state index contributed by atoms with van der Waals surface area (Å²) in [6.45, 7) is 4.08. The molecule has 1 fully saturated rings. The molecule has 3 aromatic rings. The second-order valence-corrected chi connectivity index (χ2v) is 9.73. The maximum atomic E-state index is 13.6. The van der Waals surface area contributed by atoms with Crippen molar-refractivity contribution < 1.29 is 19.1 Å². The lowest BCUT2D eigenvalue weighted by Gasteiger charge is -2.18. The minimum atomic E-state index is -0.576. The Kier molecular flexibility index (Phi) is 8.62. The van der Waals surface area contributed by atoms with E-state index < -0.39 is 17.1 Å². The molecule has 2 amide bonds. The van der Waals surface area contributed by atoms with Crippen LogP contribution < -0.4 is 10.2 Å². The van der Waals surface area contributed by atoms with E-state index in [0.717, 1.165) is 17.5 Å². The number of nitrogens with zero attached hydrogens (tertiary/aromatic N) is 2. The van der Waals surface area contributed by atoms with Crippen molar-refractivity contribution in [2.45, 2.75) is 31.9 Å². The van der Waals surface area contributed by atoms with Crippen LogP contribution in [0.15, 0.2) is 89.5 Å². The van der Waals surface area contributed by atoms with Gasteiger partial charge in [-0.05, 0) is 67.3 Å². The first-order valence-corrected chi connectivity index (χ1v) is 13.2. The van der Waals surface area contributed by atoms with Crippen molar-refractivity contribution in [3.63, 3.8) is 0 Å². The SMILES string of the molecule is CCOC(=O)c1ccc(CC2SC(=C(C#N)C(=O)Nc3ccc(CC)cc3)N(c3ccccc3)C2=O)cc1. The number of amides is 2. The molecule has 1 N–H and O–H groups in total. The van der Waals surface area contributed by atoms with Gasteiger partial charge in [-0.1, -0.05) is 61.2 Å². The molecular formula is C30H27N3O4S. The number of benzene rings is 3. The summed E-state index contributed by atoms with van der Waals surface area (Å²) >= 11 is 1.19. The van der Waals surface area contributed by atoms with E-state index in [0.29, 0.717) is 28.4 Å². The topological polar surface area (TPSA) is 99.5 Å². The lowest BCUT2D eigenvalue weighted by Crippen LogP contribution is -2.30. The number of rotatable bonds is 8. The van der Waals surface area contributed by atoms with E-state index in [9.17, 15) is 19.6 Å². The third-order valence-corrected chi connectivity index (χ3v) is 7.29. The number of esters is 1. The van der Waals surface area contributed by atoms with Crippen molar-refractivity contribution in [2.24, 2.45) is 0 Å². The van der Waals surface area contributed by atoms with Crippen molar-refractivity contribution in [1.29, 1.82) is 5.26 Å². The van der Waals surface area contributed by atoms with Crippen molar-refractivity contribution in [2.75, 3.05) is 16.8 Å². The molecule has 4 rings (SSSR count). The number of thioether (sulfide) groups is 1.